The first-order valence-corrected chi connectivity index (χ1v) is 6.90. The third-order valence-electron chi connectivity index (χ3n) is 3.17. The third kappa shape index (κ3) is 3.85. The Balaban J connectivity index is 1.98. The molecule has 3 heteroatoms. The van der Waals surface area contributed by atoms with E-state index in [9.17, 15) is 4.79 Å². The molecule has 0 saturated heterocycles. The van der Waals surface area contributed by atoms with Crippen molar-refractivity contribution in [2.45, 2.75) is 26.3 Å². The zero-order chi connectivity index (χ0) is 14.4. The number of carbonyl (C=O) groups is 1. The number of amides is 1. The minimum atomic E-state index is 0.0309. The topological polar surface area (TPSA) is 41.1 Å². The van der Waals surface area contributed by atoms with E-state index in [0.717, 1.165) is 11.4 Å². The van der Waals surface area contributed by atoms with Gasteiger partial charge in [-0.3, -0.25) is 4.79 Å². The monoisotopic (exact) mass is 268 g/mol. The average molecular weight is 268 g/mol. The number of hydrogen-bond acceptors (Lipinski definition) is 2. The van der Waals surface area contributed by atoms with Crippen molar-refractivity contribution in [3.05, 3.63) is 60.2 Å². The Morgan fingerprint density at radius 3 is 2.20 bits per heavy atom. The molecule has 2 aromatic carbocycles. The van der Waals surface area contributed by atoms with E-state index >= 15 is 0 Å². The number of carbonyl (C=O) groups excluding carboxylic acids is 1. The Bertz CT molecular complexity index is 549. The summed E-state index contributed by atoms with van der Waals surface area (Å²) in [6, 6.07) is 18.3. The summed E-state index contributed by atoms with van der Waals surface area (Å²) in [6.45, 7) is 3.97. The molecule has 0 aromatic heterocycles. The van der Waals surface area contributed by atoms with Crippen LogP contribution in [0.1, 0.15) is 31.9 Å². The van der Waals surface area contributed by atoms with Crippen LogP contribution in [0.3, 0.4) is 0 Å². The van der Waals surface area contributed by atoms with Gasteiger partial charge in [-0.25, -0.2) is 0 Å². The second-order valence-corrected chi connectivity index (χ2v) is 4.76. The van der Waals surface area contributed by atoms with Crippen LogP contribution >= 0.6 is 0 Å². The molecule has 0 spiro atoms. The molecular formula is C17H20N2O. The lowest BCUT2D eigenvalue weighted by Crippen LogP contribution is -2.10. The third-order valence-corrected chi connectivity index (χ3v) is 3.17. The lowest BCUT2D eigenvalue weighted by molar-refractivity contribution is -0.115. The molecule has 0 bridgehead atoms. The molecule has 20 heavy (non-hydrogen) atoms. The second-order valence-electron chi connectivity index (χ2n) is 4.76. The fourth-order valence-corrected chi connectivity index (χ4v) is 1.97. The van der Waals surface area contributed by atoms with Crippen LogP contribution in [0.2, 0.25) is 0 Å². The van der Waals surface area contributed by atoms with Crippen LogP contribution < -0.4 is 10.6 Å². The van der Waals surface area contributed by atoms with Gasteiger partial charge >= 0.3 is 0 Å². The molecule has 0 saturated carbocycles. The predicted molar refractivity (Wildman–Crippen MR) is 83.8 cm³/mol. The zero-order valence-corrected chi connectivity index (χ0v) is 11.9. The fraction of sp³-hybridized carbons (Fsp3) is 0.235. The van der Waals surface area contributed by atoms with E-state index in [1.165, 1.54) is 5.56 Å². The van der Waals surface area contributed by atoms with E-state index in [-0.39, 0.29) is 11.9 Å². The Hall–Kier alpha value is -2.29. The first kappa shape index (κ1) is 14.1. The highest BCUT2D eigenvalue weighted by atomic mass is 16.1. The molecule has 0 aliphatic carbocycles. The molecule has 2 rings (SSSR count). The summed E-state index contributed by atoms with van der Waals surface area (Å²) in [7, 11) is 0. The second kappa shape index (κ2) is 6.75. The van der Waals surface area contributed by atoms with Crippen molar-refractivity contribution in [3.63, 3.8) is 0 Å². The van der Waals surface area contributed by atoms with Crippen molar-refractivity contribution in [2.75, 3.05) is 10.6 Å². The molecule has 1 amide bonds. The highest BCUT2D eigenvalue weighted by Gasteiger charge is 2.04. The van der Waals surface area contributed by atoms with Crippen molar-refractivity contribution < 1.29 is 4.79 Å². The normalized spacial score (nSPS) is 11.7. The Labute approximate surface area is 120 Å². The van der Waals surface area contributed by atoms with Gasteiger partial charge in [0.25, 0.3) is 0 Å². The molecule has 3 nitrogen and oxygen atoms in total. The van der Waals surface area contributed by atoms with Crippen LogP contribution in [0.15, 0.2) is 54.6 Å². The SMILES string of the molecule is CCC(=O)Nc1ccc(NC(C)c2ccccc2)cc1. The Morgan fingerprint density at radius 2 is 1.60 bits per heavy atom. The van der Waals surface area contributed by atoms with E-state index < -0.39 is 0 Å². The maximum atomic E-state index is 11.3. The molecule has 1 atom stereocenters. The van der Waals surface area contributed by atoms with Gasteiger partial charge in [0.15, 0.2) is 0 Å². The van der Waals surface area contributed by atoms with Crippen molar-refractivity contribution in [3.8, 4) is 0 Å². The van der Waals surface area contributed by atoms with Crippen molar-refractivity contribution in [2.24, 2.45) is 0 Å². The molecule has 1 unspecified atom stereocenters. The predicted octanol–water partition coefficient (Wildman–Crippen LogP) is 4.21. The van der Waals surface area contributed by atoms with Crippen LogP contribution in [-0.2, 0) is 4.79 Å². The Kier molecular flexibility index (Phi) is 4.77. The summed E-state index contributed by atoms with van der Waals surface area (Å²) in [5.74, 6) is 0.0309. The maximum Gasteiger partial charge on any atom is 0.224 e. The van der Waals surface area contributed by atoms with E-state index in [0.29, 0.717) is 6.42 Å². The molecule has 0 heterocycles. The number of nitrogens with one attached hydrogen (secondary N) is 2. The van der Waals surface area contributed by atoms with Gasteiger partial charge in [0.1, 0.15) is 0 Å². The van der Waals surface area contributed by atoms with Gasteiger partial charge in [-0.1, -0.05) is 37.3 Å². The molecule has 0 fully saturated rings. The highest BCUT2D eigenvalue weighted by Crippen LogP contribution is 2.20. The van der Waals surface area contributed by atoms with Crippen LogP contribution in [0.25, 0.3) is 0 Å². The molecule has 0 aliphatic heterocycles. The summed E-state index contributed by atoms with van der Waals surface area (Å²) in [4.78, 5) is 11.3. The minimum absolute atomic E-state index is 0.0309. The smallest absolute Gasteiger partial charge is 0.224 e. The van der Waals surface area contributed by atoms with E-state index in [1.54, 1.807) is 0 Å². The Morgan fingerprint density at radius 1 is 1.00 bits per heavy atom. The van der Waals surface area contributed by atoms with Gasteiger partial charge in [0.05, 0.1) is 0 Å². The summed E-state index contributed by atoms with van der Waals surface area (Å²) < 4.78 is 0. The molecule has 104 valence electrons. The van der Waals surface area contributed by atoms with Gasteiger partial charge in [-0.05, 0) is 36.8 Å². The number of rotatable bonds is 5. The zero-order valence-electron chi connectivity index (χ0n) is 11.9. The maximum absolute atomic E-state index is 11.3. The molecule has 0 radical (unpaired) electrons. The van der Waals surface area contributed by atoms with Gasteiger partial charge < -0.3 is 10.6 Å². The molecular weight excluding hydrogens is 248 g/mol. The van der Waals surface area contributed by atoms with Crippen LogP contribution in [0.5, 0.6) is 0 Å². The molecule has 0 aliphatic rings. The van der Waals surface area contributed by atoms with Crippen LogP contribution in [-0.4, -0.2) is 5.91 Å². The van der Waals surface area contributed by atoms with Crippen molar-refractivity contribution >= 4 is 17.3 Å². The van der Waals surface area contributed by atoms with Crippen molar-refractivity contribution in [1.29, 1.82) is 0 Å². The van der Waals surface area contributed by atoms with Crippen LogP contribution in [0.4, 0.5) is 11.4 Å². The summed E-state index contributed by atoms with van der Waals surface area (Å²) in [5.41, 5.74) is 3.11. The van der Waals surface area contributed by atoms with Gasteiger partial charge in [0, 0.05) is 23.8 Å². The first-order valence-electron chi connectivity index (χ1n) is 6.90. The summed E-state index contributed by atoms with van der Waals surface area (Å²) in [5, 5.41) is 6.28. The first-order chi connectivity index (χ1) is 9.69. The van der Waals surface area contributed by atoms with E-state index in [4.69, 9.17) is 0 Å². The van der Waals surface area contributed by atoms with Crippen LogP contribution in [0, 0.1) is 0 Å². The van der Waals surface area contributed by atoms with Crippen molar-refractivity contribution in [1.82, 2.24) is 0 Å². The van der Waals surface area contributed by atoms with E-state index in [1.807, 2.05) is 49.4 Å². The molecule has 2 N–H and O–H groups in total. The standard InChI is InChI=1S/C17H20N2O/c1-3-17(20)19-16-11-9-15(10-12-16)18-13(2)14-7-5-4-6-8-14/h4-13,18H,3H2,1-2H3,(H,19,20). The molecule has 2 aromatic rings. The quantitative estimate of drug-likeness (QED) is 0.853. The lowest BCUT2D eigenvalue weighted by atomic mass is 10.1. The largest absolute Gasteiger partial charge is 0.379 e. The van der Waals surface area contributed by atoms with Gasteiger partial charge in [-0.15, -0.1) is 0 Å². The number of hydrogen-bond donors (Lipinski definition) is 2. The van der Waals surface area contributed by atoms with Gasteiger partial charge in [0.2, 0.25) is 5.91 Å². The lowest BCUT2D eigenvalue weighted by Gasteiger charge is -2.16. The average Bonchev–Trinajstić information content (AvgIpc) is 2.50. The number of benzene rings is 2. The van der Waals surface area contributed by atoms with E-state index in [2.05, 4.69) is 29.7 Å². The summed E-state index contributed by atoms with van der Waals surface area (Å²) in [6.07, 6.45) is 0.491. The summed E-state index contributed by atoms with van der Waals surface area (Å²) >= 11 is 0. The number of anilines is 2. The minimum Gasteiger partial charge on any atom is -0.379 e. The van der Waals surface area contributed by atoms with Gasteiger partial charge in [-0.2, -0.15) is 0 Å². The highest BCUT2D eigenvalue weighted by molar-refractivity contribution is 5.90. The fourth-order valence-electron chi connectivity index (χ4n) is 1.97.